The van der Waals surface area contributed by atoms with Crippen molar-refractivity contribution < 1.29 is 0 Å². The molecule has 7 nitrogen and oxygen atoms in total. The van der Waals surface area contributed by atoms with Crippen LogP contribution < -0.4 is 10.9 Å². The molecule has 0 saturated carbocycles. The molecular formula is C27H28N6O. The Labute approximate surface area is 198 Å². The van der Waals surface area contributed by atoms with Gasteiger partial charge in [-0.25, -0.2) is 4.68 Å². The number of rotatable bonds is 8. The van der Waals surface area contributed by atoms with Crippen LogP contribution in [0.2, 0.25) is 0 Å². The first-order valence-electron chi connectivity index (χ1n) is 11.7. The zero-order valence-corrected chi connectivity index (χ0v) is 19.0. The first-order chi connectivity index (χ1) is 16.7. The number of pyridine rings is 1. The van der Waals surface area contributed by atoms with Gasteiger partial charge in [0.2, 0.25) is 0 Å². The van der Waals surface area contributed by atoms with Crippen LogP contribution in [-0.2, 0) is 0 Å². The monoisotopic (exact) mass is 452 g/mol. The number of hydrogen-bond acceptors (Lipinski definition) is 5. The van der Waals surface area contributed by atoms with Crippen molar-refractivity contribution in [2.24, 2.45) is 0 Å². The van der Waals surface area contributed by atoms with Gasteiger partial charge in [-0.05, 0) is 79.5 Å². The van der Waals surface area contributed by atoms with Gasteiger partial charge >= 0.3 is 0 Å². The first-order valence-corrected chi connectivity index (χ1v) is 11.7. The van der Waals surface area contributed by atoms with Gasteiger partial charge in [-0.15, -0.1) is 0 Å². The van der Waals surface area contributed by atoms with Gasteiger partial charge in [0, 0.05) is 60.9 Å². The summed E-state index contributed by atoms with van der Waals surface area (Å²) in [5.41, 5.74) is 5.12. The van der Waals surface area contributed by atoms with Gasteiger partial charge in [0.25, 0.3) is 5.56 Å². The normalized spacial score (nSPS) is 13.8. The number of aromatic nitrogens is 3. The van der Waals surface area contributed by atoms with E-state index in [0.717, 1.165) is 46.8 Å². The van der Waals surface area contributed by atoms with E-state index in [0.29, 0.717) is 0 Å². The SMILES string of the molecule is N=Cc1cc(-n2ccc(-c3ccc(-n4cccn4)cc3)cc2=O)ccc1NCCN1CCCC1. The van der Waals surface area contributed by atoms with Crippen LogP contribution in [0, 0.1) is 5.41 Å². The fourth-order valence-electron chi connectivity index (χ4n) is 4.44. The summed E-state index contributed by atoms with van der Waals surface area (Å²) in [6.45, 7) is 4.19. The molecular weight excluding hydrogens is 424 g/mol. The van der Waals surface area contributed by atoms with Crippen molar-refractivity contribution in [1.29, 1.82) is 5.41 Å². The van der Waals surface area contributed by atoms with E-state index >= 15 is 0 Å². The summed E-state index contributed by atoms with van der Waals surface area (Å²) in [6, 6.07) is 19.2. The first kappa shape index (κ1) is 21.9. The van der Waals surface area contributed by atoms with Crippen LogP contribution >= 0.6 is 0 Å². The van der Waals surface area contributed by atoms with Crippen LogP contribution in [0.3, 0.4) is 0 Å². The second kappa shape index (κ2) is 9.89. The van der Waals surface area contributed by atoms with E-state index in [-0.39, 0.29) is 5.56 Å². The van der Waals surface area contributed by atoms with Crippen molar-refractivity contribution in [2.75, 3.05) is 31.5 Å². The maximum atomic E-state index is 12.9. The predicted octanol–water partition coefficient (Wildman–Crippen LogP) is 4.20. The number of benzene rings is 2. The Morgan fingerprint density at radius 2 is 1.74 bits per heavy atom. The van der Waals surface area contributed by atoms with Crippen molar-refractivity contribution in [1.82, 2.24) is 19.2 Å². The summed E-state index contributed by atoms with van der Waals surface area (Å²) in [6.07, 6.45) is 9.34. The quantitative estimate of drug-likeness (QED) is 0.393. The molecule has 0 amide bonds. The van der Waals surface area contributed by atoms with Crippen molar-refractivity contribution in [3.63, 3.8) is 0 Å². The van der Waals surface area contributed by atoms with Crippen LogP contribution in [0.25, 0.3) is 22.5 Å². The molecule has 1 aliphatic rings. The van der Waals surface area contributed by atoms with Gasteiger partial charge in [-0.2, -0.15) is 5.10 Å². The third kappa shape index (κ3) is 4.70. The van der Waals surface area contributed by atoms with E-state index in [1.165, 1.54) is 32.1 Å². The Morgan fingerprint density at radius 3 is 2.44 bits per heavy atom. The maximum absolute atomic E-state index is 12.9. The largest absolute Gasteiger partial charge is 0.383 e. The lowest BCUT2D eigenvalue weighted by atomic mass is 10.1. The van der Waals surface area contributed by atoms with E-state index in [2.05, 4.69) is 15.3 Å². The molecule has 0 atom stereocenters. The highest BCUT2D eigenvalue weighted by atomic mass is 16.1. The van der Waals surface area contributed by atoms with Gasteiger partial charge in [-0.1, -0.05) is 12.1 Å². The van der Waals surface area contributed by atoms with Crippen molar-refractivity contribution in [3.8, 4) is 22.5 Å². The average Bonchev–Trinajstić information content (AvgIpc) is 3.59. The molecule has 2 N–H and O–H groups in total. The second-order valence-corrected chi connectivity index (χ2v) is 8.51. The fourth-order valence-corrected chi connectivity index (χ4v) is 4.44. The molecule has 0 unspecified atom stereocenters. The lowest BCUT2D eigenvalue weighted by molar-refractivity contribution is 0.352. The van der Waals surface area contributed by atoms with Crippen molar-refractivity contribution in [2.45, 2.75) is 12.8 Å². The highest BCUT2D eigenvalue weighted by molar-refractivity contribution is 5.86. The molecule has 4 aromatic rings. The molecule has 1 aliphatic heterocycles. The molecule has 5 rings (SSSR count). The molecule has 2 aromatic carbocycles. The number of likely N-dealkylation sites (tertiary alicyclic amines) is 1. The Morgan fingerprint density at radius 1 is 0.941 bits per heavy atom. The Bertz CT molecular complexity index is 1320. The standard InChI is InChI=1S/C27H28N6O/c28-20-23-18-25(8-9-26(23)29-12-17-31-13-1-2-14-31)32-16-10-22(19-27(32)34)21-4-6-24(7-5-21)33-15-3-11-30-33/h3-11,15-16,18-20,28-29H,1-2,12-14,17H2. The highest BCUT2D eigenvalue weighted by Crippen LogP contribution is 2.22. The molecule has 1 saturated heterocycles. The highest BCUT2D eigenvalue weighted by Gasteiger charge is 2.11. The molecule has 0 aliphatic carbocycles. The lowest BCUT2D eigenvalue weighted by Gasteiger charge is -2.17. The summed E-state index contributed by atoms with van der Waals surface area (Å²) in [7, 11) is 0. The minimum absolute atomic E-state index is 0.112. The van der Waals surface area contributed by atoms with E-state index in [1.54, 1.807) is 27.7 Å². The van der Waals surface area contributed by atoms with E-state index in [4.69, 9.17) is 5.41 Å². The third-order valence-corrected chi connectivity index (χ3v) is 6.30. The summed E-state index contributed by atoms with van der Waals surface area (Å²) >= 11 is 0. The smallest absolute Gasteiger partial charge is 0.255 e. The number of nitrogens with zero attached hydrogens (tertiary/aromatic N) is 4. The van der Waals surface area contributed by atoms with Gasteiger partial charge in [0.1, 0.15) is 0 Å². The fraction of sp³-hybridized carbons (Fsp3) is 0.222. The van der Waals surface area contributed by atoms with Crippen molar-refractivity contribution >= 4 is 11.9 Å². The van der Waals surface area contributed by atoms with Crippen LogP contribution in [0.1, 0.15) is 18.4 Å². The Kier molecular flexibility index (Phi) is 6.35. The van der Waals surface area contributed by atoms with Crippen LogP contribution in [-0.4, -0.2) is 51.6 Å². The molecule has 0 spiro atoms. The molecule has 34 heavy (non-hydrogen) atoms. The van der Waals surface area contributed by atoms with E-state index in [9.17, 15) is 4.79 Å². The van der Waals surface area contributed by atoms with Gasteiger partial charge in [0.05, 0.1) is 5.69 Å². The number of hydrogen-bond donors (Lipinski definition) is 2. The molecule has 172 valence electrons. The summed E-state index contributed by atoms with van der Waals surface area (Å²) < 4.78 is 3.41. The molecule has 3 heterocycles. The molecule has 1 fully saturated rings. The van der Waals surface area contributed by atoms with Gasteiger partial charge in [-0.3, -0.25) is 9.36 Å². The summed E-state index contributed by atoms with van der Waals surface area (Å²) in [5.74, 6) is 0. The molecule has 0 bridgehead atoms. The third-order valence-electron chi connectivity index (χ3n) is 6.30. The zero-order chi connectivity index (χ0) is 23.3. The van der Waals surface area contributed by atoms with E-state index in [1.807, 2.05) is 60.8 Å². The minimum atomic E-state index is -0.112. The van der Waals surface area contributed by atoms with Crippen molar-refractivity contribution in [3.05, 3.63) is 95.2 Å². The lowest BCUT2D eigenvalue weighted by Crippen LogP contribution is -2.26. The number of anilines is 1. The molecule has 7 heteroatoms. The van der Waals surface area contributed by atoms with Crippen LogP contribution in [0.4, 0.5) is 5.69 Å². The van der Waals surface area contributed by atoms with Gasteiger partial charge < -0.3 is 15.6 Å². The molecule has 0 radical (unpaired) electrons. The Hall–Kier alpha value is -3.97. The Balaban J connectivity index is 1.32. The topological polar surface area (TPSA) is 78.9 Å². The van der Waals surface area contributed by atoms with Gasteiger partial charge in [0.15, 0.2) is 0 Å². The van der Waals surface area contributed by atoms with Crippen LogP contribution in [0.15, 0.2) is 84.0 Å². The average molecular weight is 453 g/mol. The predicted molar refractivity (Wildman–Crippen MR) is 137 cm³/mol. The zero-order valence-electron chi connectivity index (χ0n) is 19.0. The number of nitrogens with one attached hydrogen (secondary N) is 2. The maximum Gasteiger partial charge on any atom is 0.255 e. The van der Waals surface area contributed by atoms with Crippen LogP contribution in [0.5, 0.6) is 0 Å². The second-order valence-electron chi connectivity index (χ2n) is 8.51. The molecule has 2 aromatic heterocycles. The summed E-state index contributed by atoms with van der Waals surface area (Å²) in [5, 5.41) is 15.5. The minimum Gasteiger partial charge on any atom is -0.383 e. The van der Waals surface area contributed by atoms with E-state index < -0.39 is 0 Å². The summed E-state index contributed by atoms with van der Waals surface area (Å²) in [4.78, 5) is 15.4.